The first-order chi connectivity index (χ1) is 9.27. The van der Waals surface area contributed by atoms with Crippen LogP contribution in [-0.2, 0) is 0 Å². The van der Waals surface area contributed by atoms with Crippen molar-refractivity contribution in [2.24, 2.45) is 0 Å². The monoisotopic (exact) mass is 256 g/mol. The smallest absolute Gasteiger partial charge is 0.230 e. The summed E-state index contributed by atoms with van der Waals surface area (Å²) in [5.74, 6) is -0.344. The van der Waals surface area contributed by atoms with Crippen LogP contribution in [0.15, 0.2) is 47.5 Å². The number of halogens is 1. The quantitative estimate of drug-likeness (QED) is 0.762. The fraction of sp³-hybridized carbons (Fsp3) is 0. The Labute approximate surface area is 107 Å². The molecule has 0 aliphatic rings. The van der Waals surface area contributed by atoms with Gasteiger partial charge < -0.3 is 10.3 Å². The molecule has 5 nitrogen and oxygen atoms in total. The Kier molecular flexibility index (Phi) is 2.68. The number of nitrogens with zero attached hydrogens (tertiary/aromatic N) is 3. The number of nitrogens with two attached hydrogens (primary N) is 1. The van der Waals surface area contributed by atoms with Gasteiger partial charge in [-0.05, 0) is 23.8 Å². The van der Waals surface area contributed by atoms with Crippen LogP contribution in [0, 0.1) is 5.82 Å². The highest BCUT2D eigenvalue weighted by Gasteiger charge is 2.19. The van der Waals surface area contributed by atoms with Gasteiger partial charge in [0.1, 0.15) is 5.69 Å². The van der Waals surface area contributed by atoms with E-state index in [0.717, 1.165) is 11.8 Å². The summed E-state index contributed by atoms with van der Waals surface area (Å²) in [6, 6.07) is 5.04. The molecule has 6 heteroatoms. The fourth-order valence-electron chi connectivity index (χ4n) is 1.85. The second kappa shape index (κ2) is 4.49. The van der Waals surface area contributed by atoms with E-state index in [9.17, 15) is 4.39 Å². The first kappa shape index (κ1) is 11.3. The van der Waals surface area contributed by atoms with Crippen molar-refractivity contribution in [2.75, 3.05) is 5.73 Å². The highest BCUT2D eigenvalue weighted by Crippen LogP contribution is 2.36. The van der Waals surface area contributed by atoms with E-state index in [2.05, 4.69) is 15.1 Å². The van der Waals surface area contributed by atoms with Gasteiger partial charge in [-0.15, -0.1) is 0 Å². The molecule has 3 heterocycles. The van der Waals surface area contributed by atoms with Crippen molar-refractivity contribution in [3.63, 3.8) is 0 Å². The first-order valence-electron chi connectivity index (χ1n) is 5.53. The van der Waals surface area contributed by atoms with E-state index in [1.807, 2.05) is 0 Å². The van der Waals surface area contributed by atoms with Crippen LogP contribution in [0.5, 0.6) is 0 Å². The zero-order valence-electron chi connectivity index (χ0n) is 9.75. The molecule has 3 aromatic rings. The first-order valence-corrected chi connectivity index (χ1v) is 5.53. The number of hydrogen-bond acceptors (Lipinski definition) is 5. The molecule has 94 valence electrons. The highest BCUT2D eigenvalue weighted by atomic mass is 19.1. The summed E-state index contributed by atoms with van der Waals surface area (Å²) in [7, 11) is 0. The van der Waals surface area contributed by atoms with Crippen molar-refractivity contribution in [1.29, 1.82) is 0 Å². The Balaban J connectivity index is 2.23. The van der Waals surface area contributed by atoms with E-state index < -0.39 is 5.82 Å². The second-order valence-corrected chi connectivity index (χ2v) is 3.86. The maximum absolute atomic E-state index is 13.8. The average Bonchev–Trinajstić information content (AvgIpc) is 2.82. The maximum atomic E-state index is 13.8. The molecule has 0 fully saturated rings. The Morgan fingerprint density at radius 2 is 1.79 bits per heavy atom. The van der Waals surface area contributed by atoms with Gasteiger partial charge in [-0.3, -0.25) is 9.97 Å². The minimum absolute atomic E-state index is 0.136. The van der Waals surface area contributed by atoms with E-state index in [0.29, 0.717) is 16.8 Å². The predicted octanol–water partition coefficient (Wildman–Crippen LogP) is 2.52. The molecular weight excluding hydrogens is 247 g/mol. The molecule has 0 aliphatic carbocycles. The summed E-state index contributed by atoms with van der Waals surface area (Å²) in [5.41, 5.74) is 7.73. The van der Waals surface area contributed by atoms with Gasteiger partial charge in [0.15, 0.2) is 5.82 Å². The lowest BCUT2D eigenvalue weighted by Crippen LogP contribution is -1.90. The van der Waals surface area contributed by atoms with Gasteiger partial charge in [0, 0.05) is 24.2 Å². The molecule has 0 bridgehead atoms. The molecule has 3 aromatic heterocycles. The number of pyridine rings is 2. The van der Waals surface area contributed by atoms with E-state index in [1.54, 1.807) is 24.5 Å². The van der Waals surface area contributed by atoms with Crippen LogP contribution >= 0.6 is 0 Å². The summed E-state index contributed by atoms with van der Waals surface area (Å²) in [5, 5.41) is 3.84. The highest BCUT2D eigenvalue weighted by molar-refractivity contribution is 5.86. The number of nitrogen functional groups attached to an aromatic ring is 1. The van der Waals surface area contributed by atoms with Crippen molar-refractivity contribution in [3.05, 3.63) is 48.8 Å². The number of hydrogen-bond donors (Lipinski definition) is 1. The van der Waals surface area contributed by atoms with E-state index in [1.165, 1.54) is 12.3 Å². The SMILES string of the molecule is Nc1onc(-c2ccncc2F)c1-c1ccncc1. The number of rotatable bonds is 2. The summed E-state index contributed by atoms with van der Waals surface area (Å²) >= 11 is 0. The molecule has 0 amide bonds. The van der Waals surface area contributed by atoms with Crippen molar-refractivity contribution in [3.8, 4) is 22.4 Å². The minimum Gasteiger partial charge on any atom is -0.367 e. The molecule has 19 heavy (non-hydrogen) atoms. The van der Waals surface area contributed by atoms with Gasteiger partial charge >= 0.3 is 0 Å². The van der Waals surface area contributed by atoms with Crippen molar-refractivity contribution in [2.45, 2.75) is 0 Å². The zero-order valence-corrected chi connectivity index (χ0v) is 9.75. The van der Waals surface area contributed by atoms with E-state index in [-0.39, 0.29) is 5.88 Å². The molecule has 0 spiro atoms. The van der Waals surface area contributed by atoms with E-state index in [4.69, 9.17) is 10.3 Å². The molecule has 0 unspecified atom stereocenters. The van der Waals surface area contributed by atoms with Crippen molar-refractivity contribution < 1.29 is 8.91 Å². The van der Waals surface area contributed by atoms with Gasteiger partial charge in [0.2, 0.25) is 5.88 Å². The van der Waals surface area contributed by atoms with Crippen molar-refractivity contribution >= 4 is 5.88 Å². The molecule has 0 aromatic carbocycles. The van der Waals surface area contributed by atoms with Crippen LogP contribution < -0.4 is 5.73 Å². The summed E-state index contributed by atoms with van der Waals surface area (Å²) in [6.07, 6.45) is 5.85. The van der Waals surface area contributed by atoms with Crippen molar-refractivity contribution in [1.82, 2.24) is 15.1 Å². The lowest BCUT2D eigenvalue weighted by Gasteiger charge is -2.02. The van der Waals surface area contributed by atoms with Gasteiger partial charge in [-0.2, -0.15) is 0 Å². The Bertz CT molecular complexity index is 712. The molecular formula is C13H9FN4O. The maximum Gasteiger partial charge on any atom is 0.230 e. The Morgan fingerprint density at radius 1 is 1.05 bits per heavy atom. The van der Waals surface area contributed by atoms with Gasteiger partial charge in [0.25, 0.3) is 0 Å². The largest absolute Gasteiger partial charge is 0.367 e. The second-order valence-electron chi connectivity index (χ2n) is 3.86. The van der Waals surface area contributed by atoms with Crippen LogP contribution in [0.1, 0.15) is 0 Å². The molecule has 2 N–H and O–H groups in total. The zero-order chi connectivity index (χ0) is 13.2. The van der Waals surface area contributed by atoms with Gasteiger partial charge in [-0.1, -0.05) is 5.16 Å². The minimum atomic E-state index is -0.480. The lowest BCUT2D eigenvalue weighted by molar-refractivity contribution is 0.439. The Hall–Kier alpha value is -2.76. The third-order valence-electron chi connectivity index (χ3n) is 2.72. The molecule has 0 saturated heterocycles. The standard InChI is InChI=1S/C13H9FN4O/c14-10-7-17-6-3-9(10)12-11(13(15)19-18-12)8-1-4-16-5-2-8/h1-7H,15H2. The molecule has 3 rings (SSSR count). The molecule has 0 radical (unpaired) electrons. The van der Waals surface area contributed by atoms with Gasteiger partial charge in [-0.25, -0.2) is 4.39 Å². The van der Waals surface area contributed by atoms with Crippen LogP contribution in [0.2, 0.25) is 0 Å². The third-order valence-corrected chi connectivity index (χ3v) is 2.72. The van der Waals surface area contributed by atoms with Crippen LogP contribution in [0.4, 0.5) is 10.3 Å². The topological polar surface area (TPSA) is 77.8 Å². The summed E-state index contributed by atoms with van der Waals surface area (Å²) in [4.78, 5) is 7.63. The van der Waals surface area contributed by atoms with Gasteiger partial charge in [0.05, 0.1) is 11.8 Å². The summed E-state index contributed by atoms with van der Waals surface area (Å²) in [6.45, 7) is 0. The van der Waals surface area contributed by atoms with Crippen LogP contribution in [0.3, 0.4) is 0 Å². The number of anilines is 1. The lowest BCUT2D eigenvalue weighted by atomic mass is 10.0. The summed E-state index contributed by atoms with van der Waals surface area (Å²) < 4.78 is 18.8. The Morgan fingerprint density at radius 3 is 2.53 bits per heavy atom. The van der Waals surface area contributed by atoms with E-state index >= 15 is 0 Å². The molecule has 0 aliphatic heterocycles. The predicted molar refractivity (Wildman–Crippen MR) is 67.3 cm³/mol. The average molecular weight is 256 g/mol. The number of aromatic nitrogens is 3. The molecule has 0 atom stereocenters. The fourth-order valence-corrected chi connectivity index (χ4v) is 1.85. The third kappa shape index (κ3) is 1.93. The normalized spacial score (nSPS) is 10.6. The van der Waals surface area contributed by atoms with Crippen LogP contribution in [0.25, 0.3) is 22.4 Å². The van der Waals surface area contributed by atoms with Crippen LogP contribution in [-0.4, -0.2) is 15.1 Å². The molecule has 0 saturated carbocycles.